The highest BCUT2D eigenvalue weighted by Crippen LogP contribution is 2.28. The van der Waals surface area contributed by atoms with Crippen LogP contribution in [0.2, 0.25) is 0 Å². The Kier molecular flexibility index (Phi) is 6.47. The van der Waals surface area contributed by atoms with Gasteiger partial charge < -0.3 is 5.32 Å². The first kappa shape index (κ1) is 19.7. The zero-order valence-electron chi connectivity index (χ0n) is 13.6. The number of nitrogens with zero attached hydrogens (tertiary/aromatic N) is 1. The third-order valence-corrected chi connectivity index (χ3v) is 6.09. The van der Waals surface area contributed by atoms with Crippen LogP contribution in [0.1, 0.15) is 6.92 Å². The number of thioether (sulfide) groups is 1. The number of hydrogen-bond donors (Lipinski definition) is 1. The van der Waals surface area contributed by atoms with Crippen LogP contribution < -0.4 is 5.32 Å². The van der Waals surface area contributed by atoms with Crippen LogP contribution in [0.5, 0.6) is 0 Å². The van der Waals surface area contributed by atoms with Crippen molar-refractivity contribution in [3.63, 3.8) is 0 Å². The highest BCUT2D eigenvalue weighted by Gasteiger charge is 2.18. The monoisotopic (exact) mass is 444 g/mol. The minimum Gasteiger partial charge on any atom is -0.383 e. The van der Waals surface area contributed by atoms with Gasteiger partial charge in [0.25, 0.3) is 5.69 Å². The Morgan fingerprint density at radius 2 is 1.88 bits per heavy atom. The minimum absolute atomic E-state index is 0.0671. The third-order valence-electron chi connectivity index (χ3n) is 3.31. The largest absolute Gasteiger partial charge is 0.383 e. The molecule has 0 saturated carbocycles. The summed E-state index contributed by atoms with van der Waals surface area (Å²) in [5.74, 6) is 0. The highest BCUT2D eigenvalue weighted by molar-refractivity contribution is 9.10. The molecule has 0 fully saturated rings. The number of anilines is 1. The smallest absolute Gasteiger partial charge is 0.270 e. The quantitative estimate of drug-likeness (QED) is 0.387. The Morgan fingerprint density at radius 3 is 2.44 bits per heavy atom. The van der Waals surface area contributed by atoms with Gasteiger partial charge in [-0.05, 0) is 30.3 Å². The molecule has 0 aliphatic heterocycles. The third kappa shape index (κ3) is 5.72. The second-order valence-electron chi connectivity index (χ2n) is 5.47. The number of sulfone groups is 1. The van der Waals surface area contributed by atoms with E-state index in [0.29, 0.717) is 12.2 Å². The lowest BCUT2D eigenvalue weighted by Gasteiger charge is -2.15. The number of benzene rings is 2. The molecular weight excluding hydrogens is 428 g/mol. The summed E-state index contributed by atoms with van der Waals surface area (Å²) >= 11 is 5.04. The summed E-state index contributed by atoms with van der Waals surface area (Å²) in [7, 11) is -3.58. The highest BCUT2D eigenvalue weighted by atomic mass is 79.9. The van der Waals surface area contributed by atoms with E-state index in [4.69, 9.17) is 0 Å². The summed E-state index contributed by atoms with van der Waals surface area (Å²) in [6.45, 7) is 2.53. The predicted octanol–water partition coefficient (Wildman–Crippen LogP) is 4.35. The van der Waals surface area contributed by atoms with Crippen LogP contribution in [-0.2, 0) is 9.84 Å². The van der Waals surface area contributed by atoms with Crippen molar-refractivity contribution in [1.29, 1.82) is 0 Å². The molecule has 6 nitrogen and oxygen atoms in total. The molecule has 0 aliphatic rings. The zero-order chi connectivity index (χ0) is 18.6. The number of nitro groups is 1. The van der Waals surface area contributed by atoms with E-state index in [1.807, 2.05) is 31.2 Å². The first-order valence-corrected chi connectivity index (χ1v) is 10.9. The normalized spacial score (nSPS) is 12.6. The number of non-ortho nitro benzene ring substituents is 1. The van der Waals surface area contributed by atoms with Crippen LogP contribution in [0.4, 0.5) is 11.4 Å². The molecule has 0 saturated heterocycles. The standard InChI is InChI=1S/C16H17BrN2O4S2/c1-11(24-14-6-3-12(17)4-7-14)10-18-15-8-5-13(19(20)21)9-16(15)25(2,22)23/h3-9,11,18H,10H2,1-2H3. The lowest BCUT2D eigenvalue weighted by Crippen LogP contribution is -2.15. The van der Waals surface area contributed by atoms with Crippen molar-refractivity contribution < 1.29 is 13.3 Å². The number of halogens is 1. The molecular formula is C16H17BrN2O4S2. The van der Waals surface area contributed by atoms with Crippen LogP contribution in [0.3, 0.4) is 0 Å². The van der Waals surface area contributed by atoms with Gasteiger partial charge in [-0.3, -0.25) is 10.1 Å². The van der Waals surface area contributed by atoms with E-state index >= 15 is 0 Å². The molecule has 2 rings (SSSR count). The van der Waals surface area contributed by atoms with Crippen molar-refractivity contribution in [2.24, 2.45) is 0 Å². The van der Waals surface area contributed by atoms with Crippen LogP contribution in [-0.4, -0.2) is 31.4 Å². The predicted molar refractivity (Wildman–Crippen MR) is 104 cm³/mol. The van der Waals surface area contributed by atoms with Crippen molar-refractivity contribution in [3.8, 4) is 0 Å². The molecule has 1 N–H and O–H groups in total. The number of nitrogens with one attached hydrogen (secondary N) is 1. The topological polar surface area (TPSA) is 89.3 Å². The molecule has 0 aromatic heterocycles. The molecule has 0 amide bonds. The molecule has 1 atom stereocenters. The van der Waals surface area contributed by atoms with Crippen molar-refractivity contribution in [3.05, 3.63) is 57.1 Å². The van der Waals surface area contributed by atoms with E-state index in [1.165, 1.54) is 12.1 Å². The van der Waals surface area contributed by atoms with E-state index < -0.39 is 14.8 Å². The van der Waals surface area contributed by atoms with E-state index in [9.17, 15) is 18.5 Å². The maximum Gasteiger partial charge on any atom is 0.270 e. The number of hydrogen-bond acceptors (Lipinski definition) is 6. The van der Waals surface area contributed by atoms with Gasteiger partial charge in [0.1, 0.15) is 0 Å². The average molecular weight is 445 g/mol. The fraction of sp³-hybridized carbons (Fsp3) is 0.250. The lowest BCUT2D eigenvalue weighted by molar-refractivity contribution is -0.385. The average Bonchev–Trinajstić information content (AvgIpc) is 2.54. The number of nitro benzene ring substituents is 1. The van der Waals surface area contributed by atoms with Gasteiger partial charge in [0.05, 0.1) is 15.5 Å². The van der Waals surface area contributed by atoms with Gasteiger partial charge in [-0.15, -0.1) is 11.8 Å². The molecule has 2 aromatic rings. The van der Waals surface area contributed by atoms with Gasteiger partial charge >= 0.3 is 0 Å². The minimum atomic E-state index is -3.58. The van der Waals surface area contributed by atoms with E-state index in [1.54, 1.807) is 11.8 Å². The Morgan fingerprint density at radius 1 is 1.24 bits per heavy atom. The molecule has 2 aromatic carbocycles. The first-order valence-electron chi connectivity index (χ1n) is 7.31. The van der Waals surface area contributed by atoms with Crippen molar-refractivity contribution >= 4 is 48.9 Å². The molecule has 0 heterocycles. The molecule has 134 valence electrons. The van der Waals surface area contributed by atoms with Gasteiger partial charge in [-0.25, -0.2) is 8.42 Å². The second-order valence-corrected chi connectivity index (χ2v) is 9.88. The summed E-state index contributed by atoms with van der Waals surface area (Å²) in [5.41, 5.74) is 0.125. The molecule has 0 bridgehead atoms. The fourth-order valence-electron chi connectivity index (χ4n) is 2.12. The summed E-state index contributed by atoms with van der Waals surface area (Å²) < 4.78 is 24.9. The van der Waals surface area contributed by atoms with Crippen LogP contribution in [0.15, 0.2) is 56.7 Å². The van der Waals surface area contributed by atoms with Gasteiger partial charge in [-0.1, -0.05) is 22.9 Å². The van der Waals surface area contributed by atoms with Crippen molar-refractivity contribution in [2.45, 2.75) is 22.0 Å². The summed E-state index contributed by atoms with van der Waals surface area (Å²) in [6.07, 6.45) is 1.04. The lowest BCUT2D eigenvalue weighted by atomic mass is 10.2. The Balaban J connectivity index is 2.11. The SMILES string of the molecule is CC(CNc1ccc([N+](=O)[O-])cc1S(C)(=O)=O)Sc1ccc(Br)cc1. The van der Waals surface area contributed by atoms with Gasteiger partial charge in [0.15, 0.2) is 9.84 Å². The van der Waals surface area contributed by atoms with Crippen molar-refractivity contribution in [2.75, 3.05) is 18.1 Å². The van der Waals surface area contributed by atoms with E-state index in [2.05, 4.69) is 21.2 Å². The maximum atomic E-state index is 11.9. The second kappa shape index (κ2) is 8.20. The summed E-state index contributed by atoms with van der Waals surface area (Å²) in [4.78, 5) is 11.3. The Labute approximate surface area is 159 Å². The number of rotatable bonds is 7. The molecule has 0 spiro atoms. The van der Waals surface area contributed by atoms with Gasteiger partial charge in [0, 0.05) is 39.6 Å². The van der Waals surface area contributed by atoms with Gasteiger partial charge in [0.2, 0.25) is 0 Å². The fourth-order valence-corrected chi connectivity index (χ4v) is 4.18. The summed E-state index contributed by atoms with van der Waals surface area (Å²) in [6, 6.07) is 11.7. The van der Waals surface area contributed by atoms with Gasteiger partial charge in [-0.2, -0.15) is 0 Å². The zero-order valence-corrected chi connectivity index (χ0v) is 16.8. The Bertz CT molecular complexity index is 870. The molecule has 9 heteroatoms. The Hall–Kier alpha value is -1.58. The maximum absolute atomic E-state index is 11.9. The molecule has 0 radical (unpaired) electrons. The molecule has 25 heavy (non-hydrogen) atoms. The van der Waals surface area contributed by atoms with Crippen LogP contribution in [0.25, 0.3) is 0 Å². The van der Waals surface area contributed by atoms with Crippen molar-refractivity contribution in [1.82, 2.24) is 0 Å². The van der Waals surface area contributed by atoms with Crippen LogP contribution in [0, 0.1) is 10.1 Å². The van der Waals surface area contributed by atoms with E-state index in [-0.39, 0.29) is 15.8 Å². The van der Waals surface area contributed by atoms with E-state index in [0.717, 1.165) is 21.7 Å². The summed E-state index contributed by atoms with van der Waals surface area (Å²) in [5, 5.41) is 14.1. The molecule has 1 unspecified atom stereocenters. The molecule has 0 aliphatic carbocycles. The first-order chi connectivity index (χ1) is 11.7. The van der Waals surface area contributed by atoms with Crippen LogP contribution >= 0.6 is 27.7 Å².